The number of nitro groups is 1. The van der Waals surface area contributed by atoms with Gasteiger partial charge in [0.1, 0.15) is 5.75 Å². The third-order valence-corrected chi connectivity index (χ3v) is 5.02. The fraction of sp³-hybridized carbons (Fsp3) is 0.381. The number of nitro benzene ring substituents is 1. The second kappa shape index (κ2) is 8.20. The van der Waals surface area contributed by atoms with Crippen molar-refractivity contribution in [2.24, 2.45) is 0 Å². The Morgan fingerprint density at radius 3 is 2.67 bits per heavy atom. The number of hydrogen-bond acceptors (Lipinski definition) is 4. The van der Waals surface area contributed by atoms with E-state index in [-0.39, 0.29) is 11.6 Å². The first kappa shape index (κ1) is 18.9. The van der Waals surface area contributed by atoms with Gasteiger partial charge in [0.15, 0.2) is 6.10 Å². The average molecular weight is 368 g/mol. The van der Waals surface area contributed by atoms with Crippen LogP contribution >= 0.6 is 0 Å². The summed E-state index contributed by atoms with van der Waals surface area (Å²) in [5.41, 5.74) is 3.50. The highest BCUT2D eigenvalue weighted by Gasteiger charge is 2.22. The van der Waals surface area contributed by atoms with Crippen LogP contribution in [0, 0.1) is 17.0 Å². The molecule has 0 aromatic heterocycles. The number of hydrogen-bond donors (Lipinski definition) is 1. The highest BCUT2D eigenvalue weighted by molar-refractivity contribution is 5.95. The molecule has 0 radical (unpaired) electrons. The summed E-state index contributed by atoms with van der Waals surface area (Å²) >= 11 is 0. The van der Waals surface area contributed by atoms with Gasteiger partial charge in [-0.25, -0.2) is 0 Å². The van der Waals surface area contributed by atoms with Crippen LogP contribution in [0.5, 0.6) is 5.75 Å². The van der Waals surface area contributed by atoms with Crippen molar-refractivity contribution in [1.82, 2.24) is 0 Å². The van der Waals surface area contributed by atoms with E-state index in [0.717, 1.165) is 12.8 Å². The molecule has 3 rings (SSSR count). The molecule has 6 heteroatoms. The Hall–Kier alpha value is -2.89. The van der Waals surface area contributed by atoms with Crippen LogP contribution in [0.25, 0.3) is 0 Å². The Bertz CT molecular complexity index is 863. The van der Waals surface area contributed by atoms with Crippen LogP contribution in [-0.4, -0.2) is 16.9 Å². The van der Waals surface area contributed by atoms with E-state index in [0.29, 0.717) is 23.4 Å². The first-order valence-corrected chi connectivity index (χ1v) is 9.33. The molecule has 1 N–H and O–H groups in total. The highest BCUT2D eigenvalue weighted by Crippen LogP contribution is 2.27. The third-order valence-electron chi connectivity index (χ3n) is 5.02. The van der Waals surface area contributed by atoms with Crippen molar-refractivity contribution in [3.63, 3.8) is 0 Å². The van der Waals surface area contributed by atoms with Crippen molar-refractivity contribution in [3.8, 4) is 5.75 Å². The maximum Gasteiger partial charge on any atom is 0.274 e. The van der Waals surface area contributed by atoms with Gasteiger partial charge in [-0.05, 0) is 68.4 Å². The molecule has 0 aliphatic heterocycles. The van der Waals surface area contributed by atoms with Gasteiger partial charge in [0.25, 0.3) is 11.6 Å². The molecule has 2 aromatic rings. The zero-order valence-corrected chi connectivity index (χ0v) is 15.7. The van der Waals surface area contributed by atoms with E-state index < -0.39 is 11.0 Å². The van der Waals surface area contributed by atoms with Gasteiger partial charge in [-0.3, -0.25) is 14.9 Å². The first-order valence-electron chi connectivity index (χ1n) is 9.33. The Morgan fingerprint density at radius 2 is 1.96 bits per heavy atom. The van der Waals surface area contributed by atoms with E-state index in [1.54, 1.807) is 19.1 Å². The average Bonchev–Trinajstić information content (AvgIpc) is 2.67. The number of benzene rings is 2. The van der Waals surface area contributed by atoms with Crippen LogP contribution in [0.1, 0.15) is 42.9 Å². The highest BCUT2D eigenvalue weighted by atomic mass is 16.6. The van der Waals surface area contributed by atoms with Gasteiger partial charge in [0.05, 0.1) is 16.2 Å². The van der Waals surface area contributed by atoms with Crippen molar-refractivity contribution < 1.29 is 14.5 Å². The molecule has 1 atom stereocenters. The minimum absolute atomic E-state index is 0.0172. The number of fused-ring (bicyclic) bond motifs is 1. The van der Waals surface area contributed by atoms with E-state index in [4.69, 9.17) is 4.74 Å². The minimum atomic E-state index is -0.662. The van der Waals surface area contributed by atoms with Crippen LogP contribution in [0.2, 0.25) is 0 Å². The van der Waals surface area contributed by atoms with Gasteiger partial charge in [-0.15, -0.1) is 0 Å². The zero-order chi connectivity index (χ0) is 19.4. The summed E-state index contributed by atoms with van der Waals surface area (Å²) < 4.78 is 5.94. The number of nitrogens with zero attached hydrogens (tertiary/aromatic N) is 1. The van der Waals surface area contributed by atoms with Crippen molar-refractivity contribution in [3.05, 3.63) is 63.2 Å². The second-order valence-electron chi connectivity index (χ2n) is 6.85. The maximum absolute atomic E-state index is 12.7. The number of aryl methyl sites for hydroxylation is 2. The first-order chi connectivity index (χ1) is 13.0. The maximum atomic E-state index is 12.7. The summed E-state index contributed by atoms with van der Waals surface area (Å²) in [5.74, 6) is 0.382. The molecule has 0 saturated heterocycles. The van der Waals surface area contributed by atoms with E-state index in [2.05, 4.69) is 11.4 Å². The summed E-state index contributed by atoms with van der Waals surface area (Å²) in [4.78, 5) is 23.3. The summed E-state index contributed by atoms with van der Waals surface area (Å²) in [6.45, 7) is 3.50. The molecule has 142 valence electrons. The minimum Gasteiger partial charge on any atom is -0.481 e. The summed E-state index contributed by atoms with van der Waals surface area (Å²) in [7, 11) is 0. The number of nitrogens with one attached hydrogen (secondary N) is 1. The molecular weight excluding hydrogens is 344 g/mol. The van der Waals surface area contributed by atoms with Crippen molar-refractivity contribution in [2.75, 3.05) is 5.32 Å². The van der Waals surface area contributed by atoms with Crippen LogP contribution in [0.3, 0.4) is 0 Å². The molecule has 0 saturated carbocycles. The van der Waals surface area contributed by atoms with Crippen LogP contribution in [0.15, 0.2) is 36.4 Å². The van der Waals surface area contributed by atoms with Crippen molar-refractivity contribution >= 4 is 17.3 Å². The number of ether oxygens (including phenoxy) is 1. The van der Waals surface area contributed by atoms with Crippen molar-refractivity contribution in [2.45, 2.75) is 52.1 Å². The molecule has 0 spiro atoms. The molecule has 0 fully saturated rings. The molecule has 1 aliphatic rings. The monoisotopic (exact) mass is 368 g/mol. The van der Waals surface area contributed by atoms with Crippen LogP contribution < -0.4 is 10.1 Å². The van der Waals surface area contributed by atoms with Gasteiger partial charge in [-0.1, -0.05) is 19.1 Å². The molecule has 0 bridgehead atoms. The second-order valence-corrected chi connectivity index (χ2v) is 6.85. The normalized spacial score (nSPS) is 14.1. The van der Waals surface area contributed by atoms with E-state index in [9.17, 15) is 14.9 Å². The number of amides is 1. The number of carbonyl (C=O) groups is 1. The lowest BCUT2D eigenvalue weighted by Crippen LogP contribution is -2.32. The predicted molar refractivity (Wildman–Crippen MR) is 104 cm³/mol. The number of carbonyl (C=O) groups excluding carboxylic acids is 1. The lowest BCUT2D eigenvalue weighted by molar-refractivity contribution is -0.385. The molecule has 1 aliphatic carbocycles. The van der Waals surface area contributed by atoms with Crippen LogP contribution in [-0.2, 0) is 17.6 Å². The SMILES string of the molecule is CC[C@@H](Oc1ccc2c(c1)CCCC2)C(=O)Nc1cccc([N+](=O)[O-])c1C. The summed E-state index contributed by atoms with van der Waals surface area (Å²) in [5, 5.41) is 13.8. The number of anilines is 1. The molecule has 6 nitrogen and oxygen atoms in total. The Balaban J connectivity index is 1.73. The largest absolute Gasteiger partial charge is 0.481 e. The van der Waals surface area contributed by atoms with E-state index in [1.165, 1.54) is 30.0 Å². The van der Waals surface area contributed by atoms with E-state index >= 15 is 0 Å². The van der Waals surface area contributed by atoms with Gasteiger partial charge in [-0.2, -0.15) is 0 Å². The predicted octanol–water partition coefficient (Wildman–Crippen LogP) is 4.58. The molecule has 0 unspecified atom stereocenters. The van der Waals surface area contributed by atoms with Gasteiger partial charge >= 0.3 is 0 Å². The third kappa shape index (κ3) is 4.27. The molecular formula is C21H24N2O4. The lowest BCUT2D eigenvalue weighted by atomic mass is 9.92. The topological polar surface area (TPSA) is 81.5 Å². The molecule has 1 amide bonds. The standard InChI is InChI=1S/C21H24N2O4/c1-3-20(27-17-12-11-15-7-4-5-8-16(15)13-17)21(24)22-18-9-6-10-19(14(18)2)23(25)26/h6,9-13,20H,3-5,7-8H2,1-2H3,(H,22,24)/t20-/m1/s1. The van der Waals surface area contributed by atoms with Gasteiger partial charge in [0.2, 0.25) is 0 Å². The smallest absolute Gasteiger partial charge is 0.274 e. The van der Waals surface area contributed by atoms with Crippen LogP contribution in [0.4, 0.5) is 11.4 Å². The fourth-order valence-corrected chi connectivity index (χ4v) is 3.44. The Labute approximate surface area is 158 Å². The molecule has 27 heavy (non-hydrogen) atoms. The lowest BCUT2D eigenvalue weighted by Gasteiger charge is -2.20. The number of rotatable bonds is 6. The fourth-order valence-electron chi connectivity index (χ4n) is 3.44. The van der Waals surface area contributed by atoms with Gasteiger partial charge in [0, 0.05) is 6.07 Å². The summed E-state index contributed by atoms with van der Waals surface area (Å²) in [6, 6.07) is 10.7. The van der Waals surface area contributed by atoms with Crippen molar-refractivity contribution in [1.29, 1.82) is 0 Å². The van der Waals surface area contributed by atoms with E-state index in [1.807, 2.05) is 19.1 Å². The zero-order valence-electron chi connectivity index (χ0n) is 15.7. The Kier molecular flexibility index (Phi) is 5.74. The van der Waals surface area contributed by atoms with Gasteiger partial charge < -0.3 is 10.1 Å². The molecule has 0 heterocycles. The Morgan fingerprint density at radius 1 is 1.22 bits per heavy atom. The summed E-state index contributed by atoms with van der Waals surface area (Å²) in [6.07, 6.45) is 4.37. The molecule has 2 aromatic carbocycles. The quantitative estimate of drug-likeness (QED) is 0.598.